The highest BCUT2D eigenvalue weighted by Gasteiger charge is 2.16. The van der Waals surface area contributed by atoms with Crippen molar-refractivity contribution in [1.29, 1.82) is 0 Å². The van der Waals surface area contributed by atoms with E-state index in [1.807, 2.05) is 0 Å². The highest BCUT2D eigenvalue weighted by atomic mass is 19.1. The Morgan fingerprint density at radius 2 is 2.06 bits per heavy atom. The molecule has 1 aromatic heterocycles. The summed E-state index contributed by atoms with van der Waals surface area (Å²) in [5, 5.41) is 0. The van der Waals surface area contributed by atoms with E-state index in [9.17, 15) is 4.39 Å². The quantitative estimate of drug-likeness (QED) is 0.811. The minimum atomic E-state index is -0.287. The molecule has 0 amide bonds. The molecule has 0 aliphatic carbocycles. The number of halogens is 1. The molecule has 2 aromatic rings. The first kappa shape index (κ1) is 11.6. The zero-order valence-corrected chi connectivity index (χ0v) is 10.4. The van der Waals surface area contributed by atoms with Gasteiger partial charge in [-0.2, -0.15) is 0 Å². The molecule has 1 aromatic carbocycles. The molecule has 3 rings (SSSR count). The molecule has 2 heterocycles. The van der Waals surface area contributed by atoms with Crippen molar-refractivity contribution in [3.63, 3.8) is 0 Å². The van der Waals surface area contributed by atoms with E-state index < -0.39 is 0 Å². The first-order valence-corrected chi connectivity index (χ1v) is 6.16. The summed E-state index contributed by atoms with van der Waals surface area (Å²) in [6, 6.07) is 4.45. The number of rotatable bonds is 2. The van der Waals surface area contributed by atoms with Gasteiger partial charge in [0.1, 0.15) is 11.3 Å². The third-order valence-electron chi connectivity index (χ3n) is 3.35. The number of likely N-dealkylation sites (N-methyl/N-ethyl adjacent to an activating group) is 1. The van der Waals surface area contributed by atoms with Gasteiger partial charge in [0.2, 0.25) is 5.89 Å². The number of hydrogen-bond donors (Lipinski definition) is 0. The SMILES string of the molecule is CN1CCN(Cc2nc3ccc(F)cc3o2)CC1. The van der Waals surface area contributed by atoms with E-state index >= 15 is 0 Å². The van der Waals surface area contributed by atoms with Gasteiger partial charge in [-0.05, 0) is 19.2 Å². The van der Waals surface area contributed by atoms with E-state index in [1.165, 1.54) is 12.1 Å². The van der Waals surface area contributed by atoms with Crippen LogP contribution in [0.5, 0.6) is 0 Å². The Hall–Kier alpha value is -1.46. The smallest absolute Gasteiger partial charge is 0.209 e. The van der Waals surface area contributed by atoms with Gasteiger partial charge in [0.05, 0.1) is 6.54 Å². The predicted molar refractivity (Wildman–Crippen MR) is 66.7 cm³/mol. The summed E-state index contributed by atoms with van der Waals surface area (Å²) in [6.45, 7) is 4.86. The first-order chi connectivity index (χ1) is 8.70. The fourth-order valence-electron chi connectivity index (χ4n) is 2.21. The zero-order chi connectivity index (χ0) is 12.5. The Morgan fingerprint density at radius 1 is 1.28 bits per heavy atom. The molecule has 0 radical (unpaired) electrons. The second-order valence-electron chi connectivity index (χ2n) is 4.80. The number of nitrogens with zero attached hydrogens (tertiary/aromatic N) is 3. The number of hydrogen-bond acceptors (Lipinski definition) is 4. The number of aromatic nitrogens is 1. The summed E-state index contributed by atoms with van der Waals surface area (Å²) in [7, 11) is 2.12. The third-order valence-corrected chi connectivity index (χ3v) is 3.35. The molecule has 0 N–H and O–H groups in total. The molecule has 4 nitrogen and oxygen atoms in total. The molecule has 18 heavy (non-hydrogen) atoms. The van der Waals surface area contributed by atoms with Crippen LogP contribution >= 0.6 is 0 Å². The molecule has 5 heteroatoms. The molecule has 1 aliphatic rings. The second-order valence-corrected chi connectivity index (χ2v) is 4.80. The summed E-state index contributed by atoms with van der Waals surface area (Å²) in [6.07, 6.45) is 0. The molecule has 96 valence electrons. The van der Waals surface area contributed by atoms with Crippen LogP contribution in [-0.2, 0) is 6.54 Å². The highest BCUT2D eigenvalue weighted by Crippen LogP contribution is 2.18. The molecule has 1 saturated heterocycles. The summed E-state index contributed by atoms with van der Waals surface area (Å²) in [5.74, 6) is 0.380. The van der Waals surface area contributed by atoms with Crippen LogP contribution in [0.3, 0.4) is 0 Å². The minimum absolute atomic E-state index is 0.287. The maximum atomic E-state index is 13.0. The van der Waals surface area contributed by atoms with Crippen molar-refractivity contribution in [1.82, 2.24) is 14.8 Å². The highest BCUT2D eigenvalue weighted by molar-refractivity contribution is 5.72. The van der Waals surface area contributed by atoms with Crippen molar-refractivity contribution in [2.45, 2.75) is 6.54 Å². The van der Waals surface area contributed by atoms with Crippen LogP contribution in [0.1, 0.15) is 5.89 Å². The lowest BCUT2D eigenvalue weighted by molar-refractivity contribution is 0.139. The number of benzene rings is 1. The second kappa shape index (κ2) is 4.66. The average molecular weight is 249 g/mol. The molecular formula is C13H16FN3O. The van der Waals surface area contributed by atoms with Gasteiger partial charge in [0.25, 0.3) is 0 Å². The zero-order valence-electron chi connectivity index (χ0n) is 10.4. The lowest BCUT2D eigenvalue weighted by Crippen LogP contribution is -2.43. The van der Waals surface area contributed by atoms with E-state index in [-0.39, 0.29) is 5.82 Å². The Balaban J connectivity index is 1.74. The van der Waals surface area contributed by atoms with Crippen LogP contribution in [0.15, 0.2) is 22.6 Å². The van der Waals surface area contributed by atoms with E-state index in [0.717, 1.165) is 31.7 Å². The van der Waals surface area contributed by atoms with Crippen LogP contribution in [0, 0.1) is 5.82 Å². The first-order valence-electron chi connectivity index (χ1n) is 6.16. The maximum absolute atomic E-state index is 13.0. The van der Waals surface area contributed by atoms with Crippen LogP contribution in [0.2, 0.25) is 0 Å². The van der Waals surface area contributed by atoms with Gasteiger partial charge in [0.15, 0.2) is 5.58 Å². The lowest BCUT2D eigenvalue weighted by Gasteiger charge is -2.31. The van der Waals surface area contributed by atoms with Crippen molar-refractivity contribution in [2.24, 2.45) is 0 Å². The van der Waals surface area contributed by atoms with Gasteiger partial charge in [-0.15, -0.1) is 0 Å². The van der Waals surface area contributed by atoms with Crippen LogP contribution in [0.25, 0.3) is 11.1 Å². The molecule has 0 saturated carbocycles. The molecule has 1 fully saturated rings. The average Bonchev–Trinajstić information content (AvgIpc) is 2.73. The Morgan fingerprint density at radius 3 is 2.83 bits per heavy atom. The van der Waals surface area contributed by atoms with E-state index in [1.54, 1.807) is 6.07 Å². The standard InChI is InChI=1S/C13H16FN3O/c1-16-4-6-17(7-5-16)9-13-15-11-3-2-10(14)8-12(11)18-13/h2-3,8H,4-7,9H2,1H3. The van der Waals surface area contributed by atoms with Gasteiger partial charge in [-0.25, -0.2) is 9.37 Å². The van der Waals surface area contributed by atoms with Crippen LogP contribution < -0.4 is 0 Å². The molecule has 0 spiro atoms. The summed E-state index contributed by atoms with van der Waals surface area (Å²) < 4.78 is 18.6. The van der Waals surface area contributed by atoms with Gasteiger partial charge >= 0.3 is 0 Å². The summed E-state index contributed by atoms with van der Waals surface area (Å²) >= 11 is 0. The monoisotopic (exact) mass is 249 g/mol. The number of piperazine rings is 1. The van der Waals surface area contributed by atoms with Gasteiger partial charge in [-0.3, -0.25) is 4.90 Å². The molecule has 0 atom stereocenters. The fourth-order valence-corrected chi connectivity index (χ4v) is 2.21. The predicted octanol–water partition coefficient (Wildman–Crippen LogP) is 1.71. The Bertz CT molecular complexity index is 546. The van der Waals surface area contributed by atoms with Gasteiger partial charge in [0, 0.05) is 32.2 Å². The van der Waals surface area contributed by atoms with Crippen molar-refractivity contribution in [2.75, 3.05) is 33.2 Å². The summed E-state index contributed by atoms with van der Waals surface area (Å²) in [5.41, 5.74) is 1.25. The maximum Gasteiger partial charge on any atom is 0.209 e. The van der Waals surface area contributed by atoms with Crippen molar-refractivity contribution >= 4 is 11.1 Å². The van der Waals surface area contributed by atoms with E-state index in [4.69, 9.17) is 4.42 Å². The molecular weight excluding hydrogens is 233 g/mol. The molecule has 0 unspecified atom stereocenters. The Labute approximate surface area is 105 Å². The third kappa shape index (κ3) is 2.37. The van der Waals surface area contributed by atoms with E-state index in [0.29, 0.717) is 18.0 Å². The normalized spacial score (nSPS) is 18.6. The Kier molecular flexibility index (Phi) is 3.01. The minimum Gasteiger partial charge on any atom is -0.439 e. The van der Waals surface area contributed by atoms with Crippen LogP contribution in [0.4, 0.5) is 4.39 Å². The fraction of sp³-hybridized carbons (Fsp3) is 0.462. The van der Waals surface area contributed by atoms with Crippen molar-refractivity contribution < 1.29 is 8.81 Å². The number of oxazole rings is 1. The van der Waals surface area contributed by atoms with Crippen LogP contribution in [-0.4, -0.2) is 48.0 Å². The van der Waals surface area contributed by atoms with Crippen molar-refractivity contribution in [3.05, 3.63) is 29.9 Å². The lowest BCUT2D eigenvalue weighted by atomic mass is 10.3. The molecule has 1 aliphatic heterocycles. The topological polar surface area (TPSA) is 32.5 Å². The largest absolute Gasteiger partial charge is 0.439 e. The number of fused-ring (bicyclic) bond motifs is 1. The van der Waals surface area contributed by atoms with Gasteiger partial charge in [-0.1, -0.05) is 0 Å². The van der Waals surface area contributed by atoms with Gasteiger partial charge < -0.3 is 9.32 Å². The van der Waals surface area contributed by atoms with Crippen molar-refractivity contribution in [3.8, 4) is 0 Å². The molecule has 0 bridgehead atoms. The van der Waals surface area contributed by atoms with E-state index in [2.05, 4.69) is 21.8 Å². The summed E-state index contributed by atoms with van der Waals surface area (Å²) in [4.78, 5) is 8.99.